The van der Waals surface area contributed by atoms with E-state index in [1.165, 1.54) is 38.8 Å². The summed E-state index contributed by atoms with van der Waals surface area (Å²) >= 11 is 0. The molecule has 16 heavy (non-hydrogen) atoms. The molecule has 0 aromatic rings. The fraction of sp³-hybridized carbons (Fsp3) is 1.00. The van der Waals surface area contributed by atoms with Crippen LogP contribution in [0.2, 0.25) is 0 Å². The summed E-state index contributed by atoms with van der Waals surface area (Å²) in [7, 11) is 0. The highest BCUT2D eigenvalue weighted by Gasteiger charge is 2.34. The molecule has 3 heteroatoms. The van der Waals surface area contributed by atoms with Crippen LogP contribution in [0.15, 0.2) is 0 Å². The van der Waals surface area contributed by atoms with E-state index in [1.807, 2.05) is 0 Å². The molecule has 3 N–H and O–H groups in total. The van der Waals surface area contributed by atoms with Crippen molar-refractivity contribution >= 4 is 0 Å². The monoisotopic (exact) mass is 227 g/mol. The van der Waals surface area contributed by atoms with Crippen molar-refractivity contribution < 1.29 is 0 Å². The minimum atomic E-state index is 0.389. The van der Waals surface area contributed by atoms with Gasteiger partial charge in [0.25, 0.3) is 0 Å². The normalized spacial score (nSPS) is 18.9. The minimum Gasteiger partial charge on any atom is -0.330 e. The number of hydrogen-bond acceptors (Lipinski definition) is 3. The molecule has 0 unspecified atom stereocenters. The Bertz CT molecular complexity index is 159. The lowest BCUT2D eigenvalue weighted by Gasteiger charge is -2.46. The minimum absolute atomic E-state index is 0.389. The van der Waals surface area contributed by atoms with Crippen LogP contribution in [-0.2, 0) is 0 Å². The Kier molecular flexibility index (Phi) is 6.32. The quantitative estimate of drug-likeness (QED) is 0.694. The van der Waals surface area contributed by atoms with Crippen LogP contribution in [0, 0.1) is 0 Å². The third-order valence-corrected chi connectivity index (χ3v) is 3.83. The van der Waals surface area contributed by atoms with Gasteiger partial charge in [-0.1, -0.05) is 26.7 Å². The van der Waals surface area contributed by atoms with E-state index in [1.54, 1.807) is 0 Å². The van der Waals surface area contributed by atoms with Gasteiger partial charge in [-0.2, -0.15) is 0 Å². The lowest BCUT2D eigenvalue weighted by molar-refractivity contribution is 0.0494. The lowest BCUT2D eigenvalue weighted by Crippen LogP contribution is -2.56. The first-order chi connectivity index (χ1) is 7.79. The molecule has 1 heterocycles. The summed E-state index contributed by atoms with van der Waals surface area (Å²) in [5.74, 6) is 0. The first-order valence-corrected chi connectivity index (χ1v) is 6.95. The highest BCUT2D eigenvalue weighted by Crippen LogP contribution is 2.30. The van der Waals surface area contributed by atoms with Crippen molar-refractivity contribution in [1.29, 1.82) is 0 Å². The van der Waals surface area contributed by atoms with Gasteiger partial charge < -0.3 is 11.1 Å². The maximum Gasteiger partial charge on any atom is 0.0222 e. The predicted molar refractivity (Wildman–Crippen MR) is 70.7 cm³/mol. The van der Waals surface area contributed by atoms with Crippen LogP contribution in [0.4, 0.5) is 0 Å². The Hall–Kier alpha value is -0.120. The van der Waals surface area contributed by atoms with Gasteiger partial charge >= 0.3 is 0 Å². The van der Waals surface area contributed by atoms with E-state index in [0.717, 1.165) is 26.1 Å². The highest BCUT2D eigenvalue weighted by atomic mass is 15.2. The predicted octanol–water partition coefficient (Wildman–Crippen LogP) is 1.58. The summed E-state index contributed by atoms with van der Waals surface area (Å²) in [5.41, 5.74) is 6.23. The average molecular weight is 227 g/mol. The zero-order valence-corrected chi connectivity index (χ0v) is 11.1. The molecule has 1 fully saturated rings. The van der Waals surface area contributed by atoms with Gasteiger partial charge in [0.1, 0.15) is 0 Å². The Morgan fingerprint density at radius 1 is 1.06 bits per heavy atom. The van der Waals surface area contributed by atoms with Gasteiger partial charge in [0.05, 0.1) is 0 Å². The Morgan fingerprint density at radius 2 is 1.62 bits per heavy atom. The smallest absolute Gasteiger partial charge is 0.0222 e. The van der Waals surface area contributed by atoms with Gasteiger partial charge in [-0.05, 0) is 25.8 Å². The van der Waals surface area contributed by atoms with Crippen molar-refractivity contribution in [3.63, 3.8) is 0 Å². The van der Waals surface area contributed by atoms with Crippen LogP contribution in [0.3, 0.4) is 0 Å². The van der Waals surface area contributed by atoms with E-state index >= 15 is 0 Å². The van der Waals surface area contributed by atoms with Gasteiger partial charge in [0, 0.05) is 31.7 Å². The Labute approximate surface area is 101 Å². The van der Waals surface area contributed by atoms with Gasteiger partial charge in [0.2, 0.25) is 0 Å². The number of rotatable bonds is 7. The summed E-state index contributed by atoms with van der Waals surface area (Å²) in [5, 5.41) is 3.44. The number of hydrogen-bond donors (Lipinski definition) is 2. The van der Waals surface area contributed by atoms with Crippen LogP contribution in [0.25, 0.3) is 0 Å². The Morgan fingerprint density at radius 3 is 2.06 bits per heavy atom. The van der Waals surface area contributed by atoms with Crippen molar-refractivity contribution in [3.8, 4) is 0 Å². The first-order valence-electron chi connectivity index (χ1n) is 6.95. The van der Waals surface area contributed by atoms with E-state index in [9.17, 15) is 0 Å². The van der Waals surface area contributed by atoms with Gasteiger partial charge in [-0.25, -0.2) is 0 Å². The molecule has 0 bridgehead atoms. The van der Waals surface area contributed by atoms with E-state index in [2.05, 4.69) is 24.1 Å². The topological polar surface area (TPSA) is 41.3 Å². The molecule has 0 aromatic carbocycles. The molecule has 0 spiro atoms. The summed E-state index contributed by atoms with van der Waals surface area (Å²) in [4.78, 5) is 2.70. The lowest BCUT2D eigenvalue weighted by atomic mass is 9.83. The molecule has 0 atom stereocenters. The van der Waals surface area contributed by atoms with Gasteiger partial charge in [-0.3, -0.25) is 4.90 Å². The second-order valence-corrected chi connectivity index (χ2v) is 5.00. The maximum absolute atomic E-state index is 5.84. The van der Waals surface area contributed by atoms with Crippen LogP contribution in [0.5, 0.6) is 0 Å². The van der Waals surface area contributed by atoms with Crippen molar-refractivity contribution in [2.75, 3.05) is 32.7 Å². The number of nitrogens with one attached hydrogen (secondary N) is 1. The summed E-state index contributed by atoms with van der Waals surface area (Å²) in [6.45, 7) is 10.1. The SMILES string of the molecule is CCCC(CCC)(CCN)N1CCNCC1. The van der Waals surface area contributed by atoms with E-state index in [0.29, 0.717) is 5.54 Å². The zero-order valence-electron chi connectivity index (χ0n) is 11.1. The fourth-order valence-electron chi connectivity index (χ4n) is 3.19. The average Bonchev–Trinajstić information content (AvgIpc) is 2.31. The molecule has 96 valence electrons. The fourth-order valence-corrected chi connectivity index (χ4v) is 3.19. The summed E-state index contributed by atoms with van der Waals surface area (Å²) in [6.07, 6.45) is 6.30. The van der Waals surface area contributed by atoms with E-state index in [-0.39, 0.29) is 0 Å². The molecular formula is C13H29N3. The molecule has 1 aliphatic heterocycles. The van der Waals surface area contributed by atoms with Gasteiger partial charge in [-0.15, -0.1) is 0 Å². The molecule has 1 rings (SSSR count). The molecular weight excluding hydrogens is 198 g/mol. The third-order valence-electron chi connectivity index (χ3n) is 3.83. The number of nitrogens with two attached hydrogens (primary N) is 1. The molecule has 3 nitrogen and oxygen atoms in total. The standard InChI is InChI=1S/C13H29N3/c1-3-5-13(6-4-2,7-8-14)16-11-9-15-10-12-16/h15H,3-12,14H2,1-2H3. The van der Waals surface area contributed by atoms with Gasteiger partial charge in [0.15, 0.2) is 0 Å². The van der Waals surface area contributed by atoms with E-state index < -0.39 is 0 Å². The molecule has 0 aromatic heterocycles. The number of piperazine rings is 1. The van der Waals surface area contributed by atoms with Crippen molar-refractivity contribution in [3.05, 3.63) is 0 Å². The second-order valence-electron chi connectivity index (χ2n) is 5.00. The summed E-state index contributed by atoms with van der Waals surface area (Å²) in [6, 6.07) is 0. The molecule has 0 radical (unpaired) electrons. The van der Waals surface area contributed by atoms with Crippen LogP contribution in [0.1, 0.15) is 46.0 Å². The largest absolute Gasteiger partial charge is 0.330 e. The van der Waals surface area contributed by atoms with Crippen molar-refractivity contribution in [1.82, 2.24) is 10.2 Å². The molecule has 1 aliphatic rings. The van der Waals surface area contributed by atoms with Crippen LogP contribution in [-0.4, -0.2) is 43.2 Å². The highest BCUT2D eigenvalue weighted by molar-refractivity contribution is 4.92. The first kappa shape index (κ1) is 13.9. The molecule has 0 aliphatic carbocycles. The van der Waals surface area contributed by atoms with Crippen molar-refractivity contribution in [2.24, 2.45) is 5.73 Å². The van der Waals surface area contributed by atoms with E-state index in [4.69, 9.17) is 5.73 Å². The molecule has 0 saturated carbocycles. The van der Waals surface area contributed by atoms with Crippen molar-refractivity contribution in [2.45, 2.75) is 51.5 Å². The molecule has 1 saturated heterocycles. The second kappa shape index (κ2) is 7.25. The molecule has 0 amide bonds. The summed E-state index contributed by atoms with van der Waals surface area (Å²) < 4.78 is 0. The van der Waals surface area contributed by atoms with Crippen LogP contribution < -0.4 is 11.1 Å². The Balaban J connectivity index is 2.70. The third kappa shape index (κ3) is 3.44. The van der Waals surface area contributed by atoms with Crippen LogP contribution >= 0.6 is 0 Å². The number of nitrogens with zero attached hydrogens (tertiary/aromatic N) is 1. The zero-order chi connectivity index (χ0) is 11.9. The maximum atomic E-state index is 5.84.